The van der Waals surface area contributed by atoms with Crippen molar-refractivity contribution in [1.29, 1.82) is 0 Å². The third-order valence-corrected chi connectivity index (χ3v) is 5.55. The molecule has 1 saturated heterocycles. The van der Waals surface area contributed by atoms with Crippen LogP contribution in [0.2, 0.25) is 0 Å². The van der Waals surface area contributed by atoms with E-state index >= 15 is 0 Å². The normalized spacial score (nSPS) is 17.3. The van der Waals surface area contributed by atoms with Gasteiger partial charge < -0.3 is 20.3 Å². The molecule has 2 atom stereocenters. The molecule has 0 aromatic heterocycles. The van der Waals surface area contributed by atoms with Gasteiger partial charge in [-0.25, -0.2) is 0 Å². The maximum Gasteiger partial charge on any atom is 0.171 e. The fraction of sp³-hybridized carbons (Fsp3) is 0.435. The second-order valence-electron chi connectivity index (χ2n) is 7.54. The van der Waals surface area contributed by atoms with Gasteiger partial charge >= 0.3 is 0 Å². The average Bonchev–Trinajstić information content (AvgIpc) is 2.72. The molecule has 0 aliphatic carbocycles. The molecule has 0 bridgehead atoms. The lowest BCUT2D eigenvalue weighted by Gasteiger charge is -2.41. The Morgan fingerprint density at radius 2 is 1.69 bits per heavy atom. The SMILES string of the molecule is CCOc1ccc(NC(=S)NC(C)C(c2ccccc2)N2CCN(C)CC2)cc1. The predicted molar refractivity (Wildman–Crippen MR) is 125 cm³/mol. The first-order valence-corrected chi connectivity index (χ1v) is 10.8. The topological polar surface area (TPSA) is 39.8 Å². The maximum absolute atomic E-state index is 5.61. The van der Waals surface area contributed by atoms with Gasteiger partial charge in [-0.3, -0.25) is 4.90 Å². The Morgan fingerprint density at radius 1 is 1.03 bits per heavy atom. The van der Waals surface area contributed by atoms with E-state index in [1.807, 2.05) is 31.2 Å². The van der Waals surface area contributed by atoms with Crippen LogP contribution in [0, 0.1) is 0 Å². The summed E-state index contributed by atoms with van der Waals surface area (Å²) in [5.41, 5.74) is 2.27. The molecule has 156 valence electrons. The van der Waals surface area contributed by atoms with Gasteiger partial charge in [0.2, 0.25) is 0 Å². The van der Waals surface area contributed by atoms with Crippen molar-refractivity contribution < 1.29 is 4.74 Å². The highest BCUT2D eigenvalue weighted by Gasteiger charge is 2.28. The summed E-state index contributed by atoms with van der Waals surface area (Å²) in [4.78, 5) is 4.95. The number of rotatable bonds is 7. The van der Waals surface area contributed by atoms with E-state index < -0.39 is 0 Å². The van der Waals surface area contributed by atoms with Gasteiger partial charge in [-0.15, -0.1) is 0 Å². The van der Waals surface area contributed by atoms with Gasteiger partial charge in [0.05, 0.1) is 12.6 Å². The number of piperazine rings is 1. The molecule has 1 heterocycles. The largest absolute Gasteiger partial charge is 0.494 e. The molecular weight excluding hydrogens is 380 g/mol. The van der Waals surface area contributed by atoms with E-state index in [1.54, 1.807) is 0 Å². The first-order chi connectivity index (χ1) is 14.1. The summed E-state index contributed by atoms with van der Waals surface area (Å²) in [6.45, 7) is 9.15. The van der Waals surface area contributed by atoms with Crippen molar-refractivity contribution in [3.8, 4) is 5.75 Å². The van der Waals surface area contributed by atoms with E-state index in [0.29, 0.717) is 11.7 Å². The standard InChI is InChI=1S/C23H32N4OS/c1-4-28-21-12-10-20(11-13-21)25-23(29)24-18(2)22(19-8-6-5-7-9-19)27-16-14-26(3)15-17-27/h5-13,18,22H,4,14-17H2,1-3H3,(H2,24,25,29). The Bertz CT molecular complexity index is 760. The third kappa shape index (κ3) is 6.16. The second-order valence-corrected chi connectivity index (χ2v) is 7.95. The molecule has 0 amide bonds. The maximum atomic E-state index is 5.61. The van der Waals surface area contributed by atoms with Crippen molar-refractivity contribution >= 4 is 23.0 Å². The van der Waals surface area contributed by atoms with Gasteiger partial charge in [0.25, 0.3) is 0 Å². The highest BCUT2D eigenvalue weighted by Crippen LogP contribution is 2.26. The van der Waals surface area contributed by atoms with Crippen molar-refractivity contribution in [1.82, 2.24) is 15.1 Å². The minimum Gasteiger partial charge on any atom is -0.494 e. The number of ether oxygens (including phenoxy) is 1. The average molecular weight is 413 g/mol. The number of nitrogens with zero attached hydrogens (tertiary/aromatic N) is 2. The van der Waals surface area contributed by atoms with E-state index in [0.717, 1.165) is 37.6 Å². The van der Waals surface area contributed by atoms with E-state index in [2.05, 4.69) is 64.7 Å². The highest BCUT2D eigenvalue weighted by molar-refractivity contribution is 7.80. The zero-order valence-electron chi connectivity index (χ0n) is 17.6. The fourth-order valence-corrected chi connectivity index (χ4v) is 4.12. The summed E-state index contributed by atoms with van der Waals surface area (Å²) in [5.74, 6) is 0.865. The van der Waals surface area contributed by atoms with Gasteiger partial charge in [-0.1, -0.05) is 30.3 Å². The first-order valence-electron chi connectivity index (χ1n) is 10.3. The summed E-state index contributed by atoms with van der Waals surface area (Å²) in [7, 11) is 2.19. The Labute approximate surface area is 180 Å². The van der Waals surface area contributed by atoms with Crippen molar-refractivity contribution in [3.63, 3.8) is 0 Å². The molecule has 1 fully saturated rings. The van der Waals surface area contributed by atoms with Crippen molar-refractivity contribution in [3.05, 3.63) is 60.2 Å². The van der Waals surface area contributed by atoms with Crippen LogP contribution in [0.1, 0.15) is 25.5 Å². The van der Waals surface area contributed by atoms with Crippen LogP contribution in [0.4, 0.5) is 5.69 Å². The van der Waals surface area contributed by atoms with Crippen LogP contribution in [-0.4, -0.2) is 60.8 Å². The monoisotopic (exact) mass is 412 g/mol. The van der Waals surface area contributed by atoms with Crippen molar-refractivity contribution in [2.24, 2.45) is 0 Å². The lowest BCUT2D eigenvalue weighted by Crippen LogP contribution is -2.52. The molecular formula is C23H32N4OS. The van der Waals surface area contributed by atoms with Gasteiger partial charge in [-0.05, 0) is 62.9 Å². The molecule has 0 saturated carbocycles. The van der Waals surface area contributed by atoms with Crippen LogP contribution in [0.5, 0.6) is 5.75 Å². The van der Waals surface area contributed by atoms with Crippen LogP contribution in [0.3, 0.4) is 0 Å². The summed E-state index contributed by atoms with van der Waals surface area (Å²) < 4.78 is 5.50. The van der Waals surface area contributed by atoms with Crippen molar-refractivity contribution in [2.45, 2.75) is 25.9 Å². The second kappa shape index (κ2) is 10.6. The first kappa shape index (κ1) is 21.6. The van der Waals surface area contributed by atoms with Crippen LogP contribution in [0.25, 0.3) is 0 Å². The van der Waals surface area contributed by atoms with Crippen LogP contribution in [0.15, 0.2) is 54.6 Å². The molecule has 2 aromatic rings. The summed E-state index contributed by atoms with van der Waals surface area (Å²) in [6.07, 6.45) is 0. The Morgan fingerprint density at radius 3 is 2.31 bits per heavy atom. The van der Waals surface area contributed by atoms with Crippen LogP contribution >= 0.6 is 12.2 Å². The van der Waals surface area contributed by atoms with E-state index in [1.165, 1.54) is 5.56 Å². The predicted octanol–water partition coefficient (Wildman–Crippen LogP) is 3.75. The van der Waals surface area contributed by atoms with E-state index in [9.17, 15) is 0 Å². The van der Waals surface area contributed by atoms with Crippen molar-refractivity contribution in [2.75, 3.05) is 45.2 Å². The molecule has 1 aliphatic heterocycles. The lowest BCUT2D eigenvalue weighted by molar-refractivity contribution is 0.0973. The summed E-state index contributed by atoms with van der Waals surface area (Å²) in [5, 5.41) is 7.44. The number of anilines is 1. The highest BCUT2D eigenvalue weighted by atomic mass is 32.1. The zero-order valence-corrected chi connectivity index (χ0v) is 18.4. The summed E-state index contributed by atoms with van der Waals surface area (Å²) in [6, 6.07) is 19.0. The number of benzene rings is 2. The van der Waals surface area contributed by atoms with E-state index in [-0.39, 0.29) is 12.1 Å². The number of thiocarbonyl (C=S) groups is 1. The quantitative estimate of drug-likeness (QED) is 0.675. The zero-order chi connectivity index (χ0) is 20.6. The minimum atomic E-state index is 0.170. The van der Waals surface area contributed by atoms with Crippen LogP contribution < -0.4 is 15.4 Å². The molecule has 3 rings (SSSR count). The molecule has 2 aromatic carbocycles. The molecule has 6 heteroatoms. The minimum absolute atomic E-state index is 0.170. The van der Waals surface area contributed by atoms with Gasteiger partial charge in [0, 0.05) is 37.9 Å². The van der Waals surface area contributed by atoms with Gasteiger partial charge in [0.15, 0.2) is 5.11 Å². The molecule has 29 heavy (non-hydrogen) atoms. The number of nitrogens with one attached hydrogen (secondary N) is 2. The lowest BCUT2D eigenvalue weighted by atomic mass is 9.98. The fourth-order valence-electron chi connectivity index (χ4n) is 3.82. The molecule has 0 spiro atoms. The number of likely N-dealkylation sites (N-methyl/N-ethyl adjacent to an activating group) is 1. The summed E-state index contributed by atoms with van der Waals surface area (Å²) >= 11 is 5.61. The Balaban J connectivity index is 1.65. The Kier molecular flexibility index (Phi) is 7.86. The third-order valence-electron chi connectivity index (χ3n) is 5.33. The van der Waals surface area contributed by atoms with Gasteiger partial charge in [-0.2, -0.15) is 0 Å². The molecule has 0 radical (unpaired) electrons. The molecule has 1 aliphatic rings. The molecule has 2 unspecified atom stereocenters. The smallest absolute Gasteiger partial charge is 0.171 e. The molecule has 5 nitrogen and oxygen atoms in total. The van der Waals surface area contributed by atoms with E-state index in [4.69, 9.17) is 17.0 Å². The number of hydrogen-bond donors (Lipinski definition) is 2. The van der Waals surface area contributed by atoms with Crippen LogP contribution in [-0.2, 0) is 0 Å². The Hall–Kier alpha value is -2.15. The number of hydrogen-bond acceptors (Lipinski definition) is 4. The molecule has 2 N–H and O–H groups in total. The van der Waals surface area contributed by atoms with Gasteiger partial charge in [0.1, 0.15) is 5.75 Å².